The topological polar surface area (TPSA) is 88.4 Å². The van der Waals surface area contributed by atoms with Crippen LogP contribution >= 0.6 is 56.5 Å². The van der Waals surface area contributed by atoms with Crippen molar-refractivity contribution in [3.05, 3.63) is 110 Å². The maximum Gasteiger partial charge on any atom is 0.338 e. The molecule has 1 aliphatic rings. The highest BCUT2D eigenvalue weighted by Crippen LogP contribution is 2.38. The first-order valence-electron chi connectivity index (χ1n) is 13.4. The number of hydrogen-bond donors (Lipinski definition) is 0. The second kappa shape index (κ2) is 13.6. The Morgan fingerprint density at radius 3 is 2.42 bits per heavy atom. The summed E-state index contributed by atoms with van der Waals surface area (Å²) in [4.78, 5) is 33.4. The van der Waals surface area contributed by atoms with Crippen LogP contribution in [0.3, 0.4) is 0 Å². The third-order valence-corrected chi connectivity index (χ3v) is 9.12. The van der Waals surface area contributed by atoms with E-state index < -0.39 is 12.0 Å². The second-order valence-corrected chi connectivity index (χ2v) is 12.7. The predicted molar refractivity (Wildman–Crippen MR) is 184 cm³/mol. The van der Waals surface area contributed by atoms with Crippen molar-refractivity contribution in [2.45, 2.75) is 19.9 Å². The molecular weight excluding hydrogens is 794 g/mol. The zero-order chi connectivity index (χ0) is 30.7. The lowest BCUT2D eigenvalue weighted by atomic mass is 9.93. The fourth-order valence-electron chi connectivity index (χ4n) is 4.90. The van der Waals surface area contributed by atoms with Crippen LogP contribution in [0, 0.1) is 7.14 Å². The van der Waals surface area contributed by atoms with E-state index in [1.165, 1.54) is 11.3 Å². The molecule has 0 amide bonds. The van der Waals surface area contributed by atoms with E-state index >= 15 is 0 Å². The zero-order valence-electron chi connectivity index (χ0n) is 23.9. The Labute approximate surface area is 279 Å². The number of halogens is 2. The number of rotatable bonds is 9. The molecule has 0 saturated heterocycles. The minimum atomic E-state index is -0.838. The highest BCUT2D eigenvalue weighted by atomic mass is 127. The number of esters is 1. The van der Waals surface area contributed by atoms with Crippen molar-refractivity contribution in [3.8, 4) is 17.2 Å². The molecule has 1 aliphatic heterocycles. The minimum Gasteiger partial charge on any atom is -0.493 e. The monoisotopic (exact) mass is 822 g/mol. The van der Waals surface area contributed by atoms with E-state index in [9.17, 15) is 9.59 Å². The second-order valence-electron chi connectivity index (χ2n) is 9.28. The van der Waals surface area contributed by atoms with Gasteiger partial charge in [0.2, 0.25) is 0 Å². The number of aromatic nitrogens is 1. The summed E-state index contributed by atoms with van der Waals surface area (Å²) in [7, 11) is 3.10. The van der Waals surface area contributed by atoms with E-state index in [1.54, 1.807) is 37.8 Å². The van der Waals surface area contributed by atoms with Gasteiger partial charge in [-0.15, -0.1) is 0 Å². The smallest absolute Gasteiger partial charge is 0.338 e. The van der Waals surface area contributed by atoms with Crippen LogP contribution in [-0.2, 0) is 9.53 Å². The molecule has 43 heavy (non-hydrogen) atoms. The van der Waals surface area contributed by atoms with Crippen molar-refractivity contribution >= 4 is 74.3 Å². The molecule has 1 aromatic heterocycles. The van der Waals surface area contributed by atoms with Gasteiger partial charge in [-0.05, 0) is 94.9 Å². The third kappa shape index (κ3) is 6.25. The maximum absolute atomic E-state index is 14.3. The quantitative estimate of drug-likeness (QED) is 0.163. The van der Waals surface area contributed by atoms with Gasteiger partial charge in [-0.3, -0.25) is 9.36 Å². The molecule has 0 saturated carbocycles. The van der Waals surface area contributed by atoms with Gasteiger partial charge in [-0.2, -0.15) is 0 Å². The minimum absolute atomic E-state index is 0.166. The molecule has 11 heteroatoms. The molecule has 0 spiro atoms. The number of nitrogens with zero attached hydrogens (tertiary/aromatic N) is 2. The molecule has 0 radical (unpaired) electrons. The largest absolute Gasteiger partial charge is 0.493 e. The van der Waals surface area contributed by atoms with Gasteiger partial charge >= 0.3 is 5.97 Å². The number of fused-ring (bicyclic) bond motifs is 1. The first-order valence-corrected chi connectivity index (χ1v) is 16.4. The van der Waals surface area contributed by atoms with E-state index in [0.717, 1.165) is 18.3 Å². The molecule has 0 unspecified atom stereocenters. The van der Waals surface area contributed by atoms with Crippen molar-refractivity contribution in [3.63, 3.8) is 0 Å². The fourth-order valence-corrected chi connectivity index (χ4v) is 7.94. The SMILES string of the molecule is CCOC(=O)C1=C(c2ccccc2)N=c2s/c(=C\c3cc(I)cc(I)c3OCC)c(=O)n2[C@@H]1c1ccc(OC)c(OC)c1. The lowest BCUT2D eigenvalue weighted by molar-refractivity contribution is -0.138. The van der Waals surface area contributed by atoms with Crippen LogP contribution in [0.4, 0.5) is 0 Å². The van der Waals surface area contributed by atoms with Crippen molar-refractivity contribution < 1.29 is 23.7 Å². The first-order chi connectivity index (χ1) is 20.8. The average molecular weight is 822 g/mol. The number of hydrogen-bond acceptors (Lipinski definition) is 8. The molecule has 1 atom stereocenters. The summed E-state index contributed by atoms with van der Waals surface area (Å²) in [5.74, 6) is 1.16. The van der Waals surface area contributed by atoms with E-state index in [2.05, 4.69) is 45.2 Å². The summed E-state index contributed by atoms with van der Waals surface area (Å²) in [5, 5.41) is 0. The van der Waals surface area contributed by atoms with E-state index in [-0.39, 0.29) is 17.7 Å². The molecule has 0 N–H and O–H groups in total. The fraction of sp³-hybridized carbons (Fsp3) is 0.219. The van der Waals surface area contributed by atoms with Crippen LogP contribution in [0.2, 0.25) is 0 Å². The lowest BCUT2D eigenvalue weighted by Gasteiger charge is -2.26. The average Bonchev–Trinajstić information content (AvgIpc) is 3.32. The van der Waals surface area contributed by atoms with E-state index in [0.29, 0.717) is 44.4 Å². The zero-order valence-corrected chi connectivity index (χ0v) is 29.0. The van der Waals surface area contributed by atoms with Crippen molar-refractivity contribution in [1.82, 2.24) is 4.57 Å². The summed E-state index contributed by atoms with van der Waals surface area (Å²) in [6, 6.07) is 18.0. The molecule has 222 valence electrons. The maximum atomic E-state index is 14.3. The highest BCUT2D eigenvalue weighted by molar-refractivity contribution is 14.1. The van der Waals surface area contributed by atoms with E-state index in [4.69, 9.17) is 23.9 Å². The summed E-state index contributed by atoms with van der Waals surface area (Å²) < 4.78 is 26.6. The molecule has 3 aromatic carbocycles. The van der Waals surface area contributed by atoms with Crippen molar-refractivity contribution in [2.75, 3.05) is 27.4 Å². The Bertz CT molecular complexity index is 1900. The standard InChI is InChI=1S/C32H28I2N2O6S/c1-5-41-29-20(14-21(33)17-22(29)34)16-25-30(37)36-28(19-12-13-23(39-3)24(15-19)40-4)26(31(38)42-6-2)27(35-32(36)43-25)18-10-8-7-9-11-18/h7-17,28H,5-6H2,1-4H3/b25-16-/t28-/m1/s1. The van der Waals surface area contributed by atoms with Gasteiger partial charge in [0.05, 0.1) is 52.8 Å². The Hall–Kier alpha value is -3.17. The number of carbonyl (C=O) groups is 1. The van der Waals surface area contributed by atoms with Crippen LogP contribution in [-0.4, -0.2) is 38.0 Å². The normalized spacial score (nSPS) is 14.7. The molecule has 5 rings (SSSR count). The predicted octanol–water partition coefficient (Wildman–Crippen LogP) is 5.56. The number of ether oxygens (including phenoxy) is 4. The van der Waals surface area contributed by atoms with Gasteiger partial charge in [-0.25, -0.2) is 9.79 Å². The molecule has 0 aliphatic carbocycles. The summed E-state index contributed by atoms with van der Waals surface area (Å²) in [6.45, 7) is 4.33. The summed E-state index contributed by atoms with van der Waals surface area (Å²) >= 11 is 5.76. The van der Waals surface area contributed by atoms with Crippen LogP contribution < -0.4 is 29.1 Å². The third-order valence-electron chi connectivity index (χ3n) is 6.71. The van der Waals surface area contributed by atoms with Gasteiger partial charge in [0.1, 0.15) is 5.75 Å². The van der Waals surface area contributed by atoms with Gasteiger partial charge in [-0.1, -0.05) is 47.7 Å². The molecule has 0 bridgehead atoms. The Morgan fingerprint density at radius 2 is 1.74 bits per heavy atom. The van der Waals surface area contributed by atoms with Crippen LogP contribution in [0.1, 0.15) is 36.6 Å². The molecular formula is C32H28I2N2O6S. The molecule has 4 aromatic rings. The van der Waals surface area contributed by atoms with Gasteiger partial charge in [0, 0.05) is 14.7 Å². The van der Waals surface area contributed by atoms with Crippen LogP contribution in [0.15, 0.2) is 76.0 Å². The van der Waals surface area contributed by atoms with E-state index in [1.807, 2.05) is 61.5 Å². The first kappa shape index (κ1) is 31.3. The Balaban J connectivity index is 1.85. The Morgan fingerprint density at radius 1 is 1.00 bits per heavy atom. The molecule has 0 fully saturated rings. The lowest BCUT2D eigenvalue weighted by Crippen LogP contribution is -2.40. The molecule has 2 heterocycles. The van der Waals surface area contributed by atoms with Gasteiger partial charge < -0.3 is 18.9 Å². The number of methoxy groups -OCH3 is 2. The van der Waals surface area contributed by atoms with Crippen molar-refractivity contribution in [2.24, 2.45) is 4.99 Å². The number of benzene rings is 3. The summed E-state index contributed by atoms with van der Waals surface area (Å²) in [5.41, 5.74) is 2.60. The van der Waals surface area contributed by atoms with Crippen LogP contribution in [0.25, 0.3) is 11.8 Å². The summed E-state index contributed by atoms with van der Waals surface area (Å²) in [6.07, 6.45) is 1.83. The number of thiazole rings is 1. The van der Waals surface area contributed by atoms with Gasteiger partial charge in [0.25, 0.3) is 5.56 Å². The number of carbonyl (C=O) groups excluding carboxylic acids is 1. The van der Waals surface area contributed by atoms with Crippen molar-refractivity contribution in [1.29, 1.82) is 0 Å². The van der Waals surface area contributed by atoms with Gasteiger partial charge in [0.15, 0.2) is 16.3 Å². The highest BCUT2D eigenvalue weighted by Gasteiger charge is 2.35. The molecule has 8 nitrogen and oxygen atoms in total. The van der Waals surface area contributed by atoms with Crippen LogP contribution in [0.5, 0.6) is 17.2 Å². The Kier molecular flexibility index (Phi) is 9.92.